The van der Waals surface area contributed by atoms with E-state index in [1.165, 1.54) is 6.07 Å². The monoisotopic (exact) mass is 291 g/mol. The molecular formula is C12H20F3N5. The van der Waals surface area contributed by atoms with Crippen molar-refractivity contribution in [2.45, 2.75) is 45.8 Å². The molecule has 0 radical (unpaired) electrons. The Morgan fingerprint density at radius 2 is 1.75 bits per heavy atom. The van der Waals surface area contributed by atoms with Crippen LogP contribution in [0.3, 0.4) is 0 Å². The zero-order valence-corrected chi connectivity index (χ0v) is 11.8. The number of anilines is 2. The molecule has 1 aromatic rings. The van der Waals surface area contributed by atoms with Gasteiger partial charge in [0, 0.05) is 12.1 Å². The van der Waals surface area contributed by atoms with Crippen LogP contribution in [0, 0.1) is 5.92 Å². The number of alkyl halides is 3. The minimum Gasteiger partial charge on any atom is -0.367 e. The molecule has 8 heteroatoms. The molecule has 114 valence electrons. The molecule has 0 aliphatic heterocycles. The van der Waals surface area contributed by atoms with Gasteiger partial charge in [0.25, 0.3) is 0 Å². The summed E-state index contributed by atoms with van der Waals surface area (Å²) in [6, 6.07) is 1.36. The first kappa shape index (κ1) is 16.5. The average Bonchev–Trinajstić information content (AvgIpc) is 2.38. The van der Waals surface area contributed by atoms with Gasteiger partial charge >= 0.3 is 6.18 Å². The standard InChI is InChI=1S/C12H20F3N5/c1-4-8(5-2)7(3)17-9-6-10(20-16)19-11(18-9)12(13,14)15/h6-8H,4-5,16H2,1-3H3,(H2,17,18,19,20). The molecule has 0 aliphatic carbocycles. The van der Waals surface area contributed by atoms with Crippen molar-refractivity contribution in [1.82, 2.24) is 9.97 Å². The lowest BCUT2D eigenvalue weighted by atomic mass is 9.95. The summed E-state index contributed by atoms with van der Waals surface area (Å²) in [6.07, 6.45) is -2.74. The molecular weight excluding hydrogens is 271 g/mol. The normalized spacial score (nSPS) is 13.4. The Kier molecular flexibility index (Phi) is 5.55. The van der Waals surface area contributed by atoms with Crippen LogP contribution in [0.5, 0.6) is 0 Å². The summed E-state index contributed by atoms with van der Waals surface area (Å²) >= 11 is 0. The molecule has 0 aromatic carbocycles. The third-order valence-electron chi connectivity index (χ3n) is 3.26. The average molecular weight is 291 g/mol. The SMILES string of the molecule is CCC(CC)C(C)Nc1cc(NN)nc(C(F)(F)F)n1. The molecule has 1 aromatic heterocycles. The van der Waals surface area contributed by atoms with Gasteiger partial charge in [-0.3, -0.25) is 0 Å². The van der Waals surface area contributed by atoms with Crippen LogP contribution in [0.2, 0.25) is 0 Å². The first-order valence-corrected chi connectivity index (χ1v) is 6.51. The highest BCUT2D eigenvalue weighted by Crippen LogP contribution is 2.28. The molecule has 1 unspecified atom stereocenters. The maximum Gasteiger partial charge on any atom is 0.451 e. The molecule has 1 rings (SSSR count). The number of aromatic nitrogens is 2. The van der Waals surface area contributed by atoms with E-state index >= 15 is 0 Å². The van der Waals surface area contributed by atoms with Gasteiger partial charge < -0.3 is 10.7 Å². The van der Waals surface area contributed by atoms with Crippen molar-refractivity contribution in [2.24, 2.45) is 11.8 Å². The van der Waals surface area contributed by atoms with Gasteiger partial charge in [-0.05, 0) is 12.8 Å². The van der Waals surface area contributed by atoms with E-state index in [1.54, 1.807) is 0 Å². The van der Waals surface area contributed by atoms with E-state index in [9.17, 15) is 13.2 Å². The Hall–Kier alpha value is -1.57. The lowest BCUT2D eigenvalue weighted by Gasteiger charge is -2.23. The Labute approximate surface area is 116 Å². The molecule has 0 fully saturated rings. The molecule has 0 saturated carbocycles. The quantitative estimate of drug-likeness (QED) is 0.555. The van der Waals surface area contributed by atoms with Gasteiger partial charge in [0.15, 0.2) is 0 Å². The summed E-state index contributed by atoms with van der Waals surface area (Å²) in [5.41, 5.74) is 2.12. The van der Waals surface area contributed by atoms with Crippen LogP contribution in [-0.2, 0) is 6.18 Å². The number of nitrogens with one attached hydrogen (secondary N) is 2. The van der Waals surface area contributed by atoms with E-state index in [-0.39, 0.29) is 17.7 Å². The van der Waals surface area contributed by atoms with Crippen LogP contribution in [0.25, 0.3) is 0 Å². The van der Waals surface area contributed by atoms with Crippen molar-refractivity contribution >= 4 is 11.6 Å². The molecule has 1 heterocycles. The van der Waals surface area contributed by atoms with Crippen LogP contribution in [0.15, 0.2) is 6.07 Å². The predicted molar refractivity (Wildman–Crippen MR) is 72.0 cm³/mol. The third-order valence-corrected chi connectivity index (χ3v) is 3.26. The zero-order chi connectivity index (χ0) is 15.3. The third kappa shape index (κ3) is 4.22. The predicted octanol–water partition coefficient (Wildman–Crippen LogP) is 3.02. The van der Waals surface area contributed by atoms with Gasteiger partial charge in [0.1, 0.15) is 11.6 Å². The fourth-order valence-electron chi connectivity index (χ4n) is 2.07. The maximum atomic E-state index is 12.7. The van der Waals surface area contributed by atoms with E-state index in [4.69, 9.17) is 5.84 Å². The Bertz CT molecular complexity index is 432. The Balaban J connectivity index is 3.00. The molecule has 20 heavy (non-hydrogen) atoms. The first-order chi connectivity index (χ1) is 9.31. The molecule has 0 aliphatic rings. The summed E-state index contributed by atoms with van der Waals surface area (Å²) in [5, 5.41) is 2.98. The van der Waals surface area contributed by atoms with Gasteiger partial charge in [-0.1, -0.05) is 26.7 Å². The van der Waals surface area contributed by atoms with Crippen molar-refractivity contribution in [3.63, 3.8) is 0 Å². The number of hydrogen-bond acceptors (Lipinski definition) is 5. The maximum absolute atomic E-state index is 12.7. The van der Waals surface area contributed by atoms with Crippen LogP contribution in [0.4, 0.5) is 24.8 Å². The summed E-state index contributed by atoms with van der Waals surface area (Å²) in [5.74, 6) is 4.31. The van der Waals surface area contributed by atoms with Crippen LogP contribution in [-0.4, -0.2) is 16.0 Å². The second kappa shape index (κ2) is 6.74. The fourth-order valence-corrected chi connectivity index (χ4v) is 2.07. The van der Waals surface area contributed by atoms with E-state index in [2.05, 4.69) is 20.7 Å². The largest absolute Gasteiger partial charge is 0.451 e. The van der Waals surface area contributed by atoms with Crippen molar-refractivity contribution in [3.05, 3.63) is 11.9 Å². The Morgan fingerprint density at radius 1 is 1.20 bits per heavy atom. The second-order valence-corrected chi connectivity index (χ2v) is 4.61. The number of hydrogen-bond donors (Lipinski definition) is 3. The van der Waals surface area contributed by atoms with Gasteiger partial charge in [0.2, 0.25) is 5.82 Å². The van der Waals surface area contributed by atoms with E-state index in [0.717, 1.165) is 12.8 Å². The number of halogens is 3. The van der Waals surface area contributed by atoms with Crippen molar-refractivity contribution < 1.29 is 13.2 Å². The lowest BCUT2D eigenvalue weighted by Crippen LogP contribution is -2.26. The minimum atomic E-state index is -4.61. The van der Waals surface area contributed by atoms with E-state index in [1.807, 2.05) is 20.8 Å². The number of rotatable bonds is 6. The number of nitrogens with two attached hydrogens (primary N) is 1. The highest BCUT2D eigenvalue weighted by Gasteiger charge is 2.35. The topological polar surface area (TPSA) is 75.9 Å². The molecule has 4 N–H and O–H groups in total. The van der Waals surface area contributed by atoms with Crippen LogP contribution in [0.1, 0.15) is 39.4 Å². The lowest BCUT2D eigenvalue weighted by molar-refractivity contribution is -0.144. The van der Waals surface area contributed by atoms with Gasteiger partial charge in [-0.25, -0.2) is 15.8 Å². The fraction of sp³-hybridized carbons (Fsp3) is 0.667. The minimum absolute atomic E-state index is 0.00612. The molecule has 0 saturated heterocycles. The zero-order valence-electron chi connectivity index (χ0n) is 11.8. The van der Waals surface area contributed by atoms with E-state index < -0.39 is 12.0 Å². The molecule has 0 amide bonds. The van der Waals surface area contributed by atoms with Crippen molar-refractivity contribution in [1.29, 1.82) is 0 Å². The van der Waals surface area contributed by atoms with Crippen molar-refractivity contribution in [2.75, 3.05) is 10.7 Å². The highest BCUT2D eigenvalue weighted by molar-refractivity contribution is 5.47. The number of nitrogen functional groups attached to an aromatic ring is 1. The molecule has 0 bridgehead atoms. The Morgan fingerprint density at radius 3 is 2.20 bits per heavy atom. The summed E-state index contributed by atoms with van der Waals surface area (Å²) in [6.45, 7) is 6.00. The van der Waals surface area contributed by atoms with Crippen LogP contribution < -0.4 is 16.6 Å². The first-order valence-electron chi connectivity index (χ1n) is 6.51. The van der Waals surface area contributed by atoms with Crippen molar-refractivity contribution in [3.8, 4) is 0 Å². The molecule has 5 nitrogen and oxygen atoms in total. The smallest absolute Gasteiger partial charge is 0.367 e. The second-order valence-electron chi connectivity index (χ2n) is 4.61. The van der Waals surface area contributed by atoms with Crippen LogP contribution >= 0.6 is 0 Å². The van der Waals surface area contributed by atoms with Gasteiger partial charge in [0.05, 0.1) is 0 Å². The molecule has 0 spiro atoms. The van der Waals surface area contributed by atoms with E-state index in [0.29, 0.717) is 5.92 Å². The highest BCUT2D eigenvalue weighted by atomic mass is 19.4. The summed E-state index contributed by atoms with van der Waals surface area (Å²) in [4.78, 5) is 6.80. The number of hydrazine groups is 1. The molecule has 1 atom stereocenters. The summed E-state index contributed by atoms with van der Waals surface area (Å²) in [7, 11) is 0. The number of nitrogens with zero attached hydrogens (tertiary/aromatic N) is 2. The summed E-state index contributed by atoms with van der Waals surface area (Å²) < 4.78 is 38.1. The van der Waals surface area contributed by atoms with Gasteiger partial charge in [-0.15, -0.1) is 0 Å². The van der Waals surface area contributed by atoms with Gasteiger partial charge in [-0.2, -0.15) is 13.2 Å².